The number of pyridine rings is 3. The zero-order chi connectivity index (χ0) is 25.5. The maximum Gasteiger partial charge on any atom is 0.256 e. The van der Waals surface area contributed by atoms with E-state index in [4.69, 9.17) is 0 Å². The molecule has 0 aliphatic carbocycles. The van der Waals surface area contributed by atoms with E-state index < -0.39 is 0 Å². The average Bonchev–Trinajstić information content (AvgIpc) is 3.67. The maximum absolute atomic E-state index is 13.1. The number of H-pyrrole nitrogens is 2. The fourth-order valence-corrected chi connectivity index (χ4v) is 4.49. The first-order valence-electron chi connectivity index (χ1n) is 12.2. The summed E-state index contributed by atoms with van der Waals surface area (Å²) in [6.07, 6.45) is 8.69. The van der Waals surface area contributed by atoms with Crippen LogP contribution in [0.1, 0.15) is 37.0 Å². The molecular formula is C26H25N9O2. The standard InChI is InChI=1S/C26H25N9O2/c1-14(2)25(36)30-17-9-15(11-27-13-17)16-10-19-21(33-34-22(19)29-12-16)24-31-20-18(5-6-28-23(20)32-24)26(37)35-7-3-4-8-35/h5-6,9-14H,3-4,7-8H2,1-2H3,(H,30,36)(H,28,31,32)(H,29,33,34). The lowest BCUT2D eigenvalue weighted by atomic mass is 10.1. The van der Waals surface area contributed by atoms with Crippen LogP contribution in [0.2, 0.25) is 0 Å². The van der Waals surface area contributed by atoms with E-state index in [1.165, 1.54) is 0 Å². The molecule has 3 N–H and O–H groups in total. The number of likely N-dealkylation sites (tertiary alicyclic amines) is 1. The molecule has 0 radical (unpaired) electrons. The van der Waals surface area contributed by atoms with Gasteiger partial charge in [0.2, 0.25) is 5.91 Å². The van der Waals surface area contributed by atoms with E-state index in [1.54, 1.807) is 30.9 Å². The Kier molecular flexibility index (Phi) is 5.59. The molecule has 0 unspecified atom stereocenters. The molecule has 1 aliphatic heterocycles. The summed E-state index contributed by atoms with van der Waals surface area (Å²) in [5.74, 6) is 0.280. The quantitative estimate of drug-likeness (QED) is 0.336. The summed E-state index contributed by atoms with van der Waals surface area (Å²) in [5.41, 5.74) is 5.00. The van der Waals surface area contributed by atoms with Crippen LogP contribution in [0.3, 0.4) is 0 Å². The van der Waals surface area contributed by atoms with Crippen LogP contribution in [-0.4, -0.2) is 64.9 Å². The number of nitrogens with zero attached hydrogens (tertiary/aromatic N) is 6. The molecule has 6 rings (SSSR count). The van der Waals surface area contributed by atoms with E-state index in [-0.39, 0.29) is 17.7 Å². The van der Waals surface area contributed by atoms with E-state index in [9.17, 15) is 9.59 Å². The van der Waals surface area contributed by atoms with Gasteiger partial charge in [-0.1, -0.05) is 13.8 Å². The summed E-state index contributed by atoms with van der Waals surface area (Å²) in [6, 6.07) is 5.54. The highest BCUT2D eigenvalue weighted by atomic mass is 16.2. The molecule has 0 spiro atoms. The third-order valence-corrected chi connectivity index (χ3v) is 6.53. The third-order valence-electron chi connectivity index (χ3n) is 6.53. The summed E-state index contributed by atoms with van der Waals surface area (Å²) in [7, 11) is 0. The molecule has 6 heterocycles. The number of fused-ring (bicyclic) bond motifs is 2. The highest BCUT2D eigenvalue weighted by molar-refractivity contribution is 6.05. The van der Waals surface area contributed by atoms with Gasteiger partial charge in [0.05, 0.1) is 28.4 Å². The van der Waals surface area contributed by atoms with Crippen LogP contribution in [0.25, 0.3) is 44.8 Å². The van der Waals surface area contributed by atoms with Crippen LogP contribution < -0.4 is 5.32 Å². The van der Waals surface area contributed by atoms with Gasteiger partial charge in [-0.3, -0.25) is 19.7 Å². The summed E-state index contributed by atoms with van der Waals surface area (Å²) < 4.78 is 0. The molecule has 1 saturated heterocycles. The number of amides is 2. The van der Waals surface area contributed by atoms with Crippen molar-refractivity contribution in [1.29, 1.82) is 0 Å². The minimum Gasteiger partial charge on any atom is -0.339 e. The molecule has 1 fully saturated rings. The zero-order valence-electron chi connectivity index (χ0n) is 20.4. The zero-order valence-corrected chi connectivity index (χ0v) is 20.4. The van der Waals surface area contributed by atoms with Gasteiger partial charge in [0.1, 0.15) is 5.69 Å². The normalized spacial score (nSPS) is 13.6. The van der Waals surface area contributed by atoms with E-state index in [0.717, 1.165) is 42.4 Å². The molecule has 0 atom stereocenters. The summed E-state index contributed by atoms with van der Waals surface area (Å²) in [6.45, 7) is 5.20. The second-order valence-corrected chi connectivity index (χ2v) is 9.44. The van der Waals surface area contributed by atoms with Crippen LogP contribution in [0.15, 0.2) is 43.0 Å². The SMILES string of the molecule is CC(C)C(=O)Nc1cncc(-c2cnc3n[nH]c(-c4nc5nccc(C(=O)N6CCCC6)c5[nH]4)c3c2)c1. The lowest BCUT2D eigenvalue weighted by molar-refractivity contribution is -0.118. The minimum atomic E-state index is -0.139. The Bertz CT molecular complexity index is 1650. The first-order chi connectivity index (χ1) is 18.0. The smallest absolute Gasteiger partial charge is 0.256 e. The molecule has 5 aromatic heterocycles. The lowest BCUT2D eigenvalue weighted by Gasteiger charge is -2.15. The van der Waals surface area contributed by atoms with Gasteiger partial charge >= 0.3 is 0 Å². The van der Waals surface area contributed by atoms with Crippen molar-refractivity contribution >= 4 is 39.7 Å². The fraction of sp³-hybridized carbons (Fsp3) is 0.269. The second kappa shape index (κ2) is 9.08. The lowest BCUT2D eigenvalue weighted by Crippen LogP contribution is -2.27. The molecular weight excluding hydrogens is 470 g/mol. The van der Waals surface area contributed by atoms with Crippen molar-refractivity contribution in [2.45, 2.75) is 26.7 Å². The number of hydrogen-bond donors (Lipinski definition) is 3. The number of imidazole rings is 1. The van der Waals surface area contributed by atoms with Crippen LogP contribution in [0.5, 0.6) is 0 Å². The Morgan fingerprint density at radius 2 is 1.84 bits per heavy atom. The topological polar surface area (TPSA) is 145 Å². The van der Waals surface area contributed by atoms with Crippen molar-refractivity contribution in [3.8, 4) is 22.6 Å². The largest absolute Gasteiger partial charge is 0.339 e. The van der Waals surface area contributed by atoms with Gasteiger partial charge in [-0.2, -0.15) is 5.10 Å². The van der Waals surface area contributed by atoms with Gasteiger partial charge in [0, 0.05) is 48.7 Å². The Morgan fingerprint density at radius 3 is 2.65 bits per heavy atom. The van der Waals surface area contributed by atoms with Crippen molar-refractivity contribution in [3.63, 3.8) is 0 Å². The fourth-order valence-electron chi connectivity index (χ4n) is 4.49. The molecule has 11 nitrogen and oxygen atoms in total. The first-order valence-corrected chi connectivity index (χ1v) is 12.2. The van der Waals surface area contributed by atoms with Gasteiger partial charge in [-0.25, -0.2) is 15.0 Å². The third kappa shape index (κ3) is 4.18. The van der Waals surface area contributed by atoms with Gasteiger partial charge in [0.15, 0.2) is 17.1 Å². The summed E-state index contributed by atoms with van der Waals surface area (Å²) >= 11 is 0. The Morgan fingerprint density at radius 1 is 1.03 bits per heavy atom. The van der Waals surface area contributed by atoms with Crippen LogP contribution in [0, 0.1) is 5.92 Å². The molecule has 0 bridgehead atoms. The summed E-state index contributed by atoms with van der Waals surface area (Å²) in [5, 5.41) is 11.0. The second-order valence-electron chi connectivity index (χ2n) is 9.44. The number of aromatic amines is 2. The van der Waals surface area contributed by atoms with E-state index >= 15 is 0 Å². The minimum absolute atomic E-state index is 0.0181. The van der Waals surface area contributed by atoms with Crippen molar-refractivity contribution in [1.82, 2.24) is 40.0 Å². The van der Waals surface area contributed by atoms with Gasteiger partial charge in [-0.15, -0.1) is 0 Å². The van der Waals surface area contributed by atoms with Crippen molar-refractivity contribution < 1.29 is 9.59 Å². The number of anilines is 1. The molecule has 2 amide bonds. The summed E-state index contributed by atoms with van der Waals surface area (Å²) in [4.78, 5) is 48.1. The number of aromatic nitrogens is 7. The predicted octanol–water partition coefficient (Wildman–Crippen LogP) is 3.79. The highest BCUT2D eigenvalue weighted by Crippen LogP contribution is 2.30. The Hall–Kier alpha value is -4.67. The number of carbonyl (C=O) groups excluding carboxylic acids is 2. The van der Waals surface area contributed by atoms with E-state index in [0.29, 0.717) is 39.6 Å². The van der Waals surface area contributed by atoms with E-state index in [2.05, 4.69) is 40.4 Å². The first kappa shape index (κ1) is 22.8. The van der Waals surface area contributed by atoms with Crippen LogP contribution in [0.4, 0.5) is 5.69 Å². The number of nitrogens with one attached hydrogen (secondary N) is 3. The van der Waals surface area contributed by atoms with E-state index in [1.807, 2.05) is 30.9 Å². The van der Waals surface area contributed by atoms with Crippen molar-refractivity contribution in [2.75, 3.05) is 18.4 Å². The Labute approximate surface area is 211 Å². The molecule has 0 saturated carbocycles. The highest BCUT2D eigenvalue weighted by Gasteiger charge is 2.24. The number of hydrogen-bond acceptors (Lipinski definition) is 7. The van der Waals surface area contributed by atoms with Crippen LogP contribution in [-0.2, 0) is 4.79 Å². The molecule has 37 heavy (non-hydrogen) atoms. The Balaban J connectivity index is 1.38. The molecule has 1 aliphatic rings. The average molecular weight is 496 g/mol. The van der Waals surface area contributed by atoms with Gasteiger partial charge < -0.3 is 15.2 Å². The van der Waals surface area contributed by atoms with Gasteiger partial charge in [0.25, 0.3) is 5.91 Å². The number of carbonyl (C=O) groups is 2. The monoisotopic (exact) mass is 495 g/mol. The van der Waals surface area contributed by atoms with Crippen molar-refractivity contribution in [3.05, 3.63) is 48.5 Å². The maximum atomic E-state index is 13.1. The number of rotatable bonds is 5. The van der Waals surface area contributed by atoms with Crippen molar-refractivity contribution in [2.24, 2.45) is 5.92 Å². The molecule has 0 aromatic carbocycles. The predicted molar refractivity (Wildman–Crippen MR) is 139 cm³/mol. The van der Waals surface area contributed by atoms with Crippen LogP contribution >= 0.6 is 0 Å². The van der Waals surface area contributed by atoms with Gasteiger partial charge in [-0.05, 0) is 31.0 Å². The molecule has 5 aromatic rings. The molecule has 11 heteroatoms. The molecule has 186 valence electrons.